The number of carbonyl (C=O) groups excluding carboxylic acids is 1. The molecule has 1 aliphatic carbocycles. The van der Waals surface area contributed by atoms with Gasteiger partial charge in [0.1, 0.15) is 24.3 Å². The van der Waals surface area contributed by atoms with Crippen LogP contribution in [-0.4, -0.2) is 29.4 Å². The number of nitrogens with one attached hydrogen (secondary N) is 1. The molecule has 4 rings (SSSR count). The summed E-state index contributed by atoms with van der Waals surface area (Å²) in [5.74, 6) is 1.17. The summed E-state index contributed by atoms with van der Waals surface area (Å²) < 4.78 is 11.1. The molecule has 1 amide bonds. The first kappa shape index (κ1) is 18.6. The van der Waals surface area contributed by atoms with E-state index < -0.39 is 5.25 Å². The summed E-state index contributed by atoms with van der Waals surface area (Å²) in [7, 11) is 0. The second kappa shape index (κ2) is 8.11. The van der Waals surface area contributed by atoms with Gasteiger partial charge in [0.2, 0.25) is 5.91 Å². The molecule has 1 N–H and O–H groups in total. The van der Waals surface area contributed by atoms with E-state index in [1.807, 2.05) is 13.0 Å². The van der Waals surface area contributed by atoms with Gasteiger partial charge in [-0.25, -0.2) is 4.98 Å². The molecule has 28 heavy (non-hydrogen) atoms. The molecular weight excluding hydrogens is 374 g/mol. The largest absolute Gasteiger partial charge is 0.486 e. The van der Waals surface area contributed by atoms with Crippen molar-refractivity contribution in [2.75, 3.05) is 18.5 Å². The lowest BCUT2D eigenvalue weighted by molar-refractivity contribution is -0.115. The van der Waals surface area contributed by atoms with Gasteiger partial charge < -0.3 is 14.8 Å². The molecule has 1 unspecified atom stereocenters. The van der Waals surface area contributed by atoms with E-state index in [0.717, 1.165) is 31.4 Å². The molecule has 0 saturated carbocycles. The lowest BCUT2D eigenvalue weighted by Gasteiger charge is -2.20. The molecule has 1 aromatic carbocycles. The Kier molecular flexibility index (Phi) is 5.40. The first-order chi connectivity index (χ1) is 13.6. The lowest BCUT2D eigenvalue weighted by atomic mass is 9.95. The van der Waals surface area contributed by atoms with Gasteiger partial charge in [0.05, 0.1) is 10.8 Å². The number of fused-ring (bicyclic) bond motifs is 2. The molecule has 1 atom stereocenters. The van der Waals surface area contributed by atoms with Crippen LogP contribution in [0, 0.1) is 11.3 Å². The maximum atomic E-state index is 12.7. The number of aromatic nitrogens is 1. The molecular formula is C21H21N3O3S. The van der Waals surface area contributed by atoms with Crippen LogP contribution in [0.1, 0.15) is 36.6 Å². The zero-order valence-corrected chi connectivity index (χ0v) is 16.5. The summed E-state index contributed by atoms with van der Waals surface area (Å²) in [6.07, 6.45) is 4.17. The molecule has 1 aromatic heterocycles. The Morgan fingerprint density at radius 3 is 2.82 bits per heavy atom. The van der Waals surface area contributed by atoms with Crippen molar-refractivity contribution in [1.82, 2.24) is 4.98 Å². The maximum Gasteiger partial charge on any atom is 0.237 e. The van der Waals surface area contributed by atoms with Crippen LogP contribution in [0.15, 0.2) is 29.3 Å². The molecule has 2 aromatic rings. The van der Waals surface area contributed by atoms with Crippen molar-refractivity contribution in [3.05, 3.63) is 41.1 Å². The highest BCUT2D eigenvalue weighted by Gasteiger charge is 2.21. The van der Waals surface area contributed by atoms with Crippen molar-refractivity contribution in [3.63, 3.8) is 0 Å². The lowest BCUT2D eigenvalue weighted by Crippen LogP contribution is -2.23. The van der Waals surface area contributed by atoms with Crippen LogP contribution in [0.3, 0.4) is 0 Å². The van der Waals surface area contributed by atoms with Gasteiger partial charge in [-0.3, -0.25) is 4.79 Å². The Morgan fingerprint density at radius 2 is 2.00 bits per heavy atom. The summed E-state index contributed by atoms with van der Waals surface area (Å²) in [5.41, 5.74) is 3.43. The molecule has 0 bridgehead atoms. The van der Waals surface area contributed by atoms with Crippen LogP contribution in [0.5, 0.6) is 11.5 Å². The Labute approximate surface area is 168 Å². The highest BCUT2D eigenvalue weighted by Crippen LogP contribution is 2.34. The maximum absolute atomic E-state index is 12.7. The molecule has 0 radical (unpaired) electrons. The summed E-state index contributed by atoms with van der Waals surface area (Å²) in [5, 5.41) is 12.6. The van der Waals surface area contributed by atoms with Gasteiger partial charge in [0.15, 0.2) is 11.5 Å². The van der Waals surface area contributed by atoms with Gasteiger partial charge in [-0.1, -0.05) is 11.8 Å². The average molecular weight is 395 g/mol. The number of benzene rings is 1. The van der Waals surface area contributed by atoms with Gasteiger partial charge in [-0.05, 0) is 56.4 Å². The van der Waals surface area contributed by atoms with E-state index in [9.17, 15) is 10.1 Å². The van der Waals surface area contributed by atoms with Crippen molar-refractivity contribution < 1.29 is 14.3 Å². The van der Waals surface area contributed by atoms with Gasteiger partial charge in [0.25, 0.3) is 0 Å². The summed E-state index contributed by atoms with van der Waals surface area (Å²) in [6.45, 7) is 2.85. The van der Waals surface area contributed by atoms with Crippen molar-refractivity contribution in [2.24, 2.45) is 0 Å². The standard InChI is InChI=1S/C21H21N3O3S/c1-13(20(25)23-16-6-7-18-19(11-16)27-9-8-26-18)28-21-15(12-22)10-14-4-2-3-5-17(14)24-21/h6-7,10-11,13H,2-5,8-9H2,1H3,(H,23,25). The van der Waals surface area contributed by atoms with Gasteiger partial charge in [0, 0.05) is 17.4 Å². The van der Waals surface area contributed by atoms with Crippen molar-refractivity contribution >= 4 is 23.4 Å². The van der Waals surface area contributed by atoms with E-state index >= 15 is 0 Å². The normalized spacial score (nSPS) is 15.9. The zero-order chi connectivity index (χ0) is 19.5. The number of pyridine rings is 1. The summed E-state index contributed by atoms with van der Waals surface area (Å²) >= 11 is 1.32. The highest BCUT2D eigenvalue weighted by atomic mass is 32.2. The molecule has 2 heterocycles. The van der Waals surface area contributed by atoms with E-state index in [1.54, 1.807) is 18.2 Å². The number of anilines is 1. The van der Waals surface area contributed by atoms with E-state index in [4.69, 9.17) is 14.5 Å². The van der Waals surface area contributed by atoms with Crippen LogP contribution >= 0.6 is 11.8 Å². The minimum atomic E-state index is -0.394. The fourth-order valence-corrected chi connectivity index (χ4v) is 4.27. The smallest absolute Gasteiger partial charge is 0.237 e. The molecule has 1 aliphatic heterocycles. The highest BCUT2D eigenvalue weighted by molar-refractivity contribution is 8.00. The number of rotatable bonds is 4. The van der Waals surface area contributed by atoms with Gasteiger partial charge in [-0.2, -0.15) is 5.26 Å². The zero-order valence-electron chi connectivity index (χ0n) is 15.7. The third-order valence-corrected chi connectivity index (χ3v) is 5.96. The third-order valence-electron chi connectivity index (χ3n) is 4.85. The Hall–Kier alpha value is -2.72. The first-order valence-corrected chi connectivity index (χ1v) is 10.3. The molecule has 7 heteroatoms. The molecule has 0 saturated heterocycles. The third kappa shape index (κ3) is 3.92. The number of aryl methyl sites for hydroxylation is 2. The number of amides is 1. The second-order valence-electron chi connectivity index (χ2n) is 6.87. The Bertz CT molecular complexity index is 955. The minimum absolute atomic E-state index is 0.148. The van der Waals surface area contributed by atoms with Crippen LogP contribution in [0.25, 0.3) is 0 Å². The number of thioether (sulfide) groups is 1. The van der Waals surface area contributed by atoms with Gasteiger partial charge >= 0.3 is 0 Å². The van der Waals surface area contributed by atoms with Crippen LogP contribution in [0.4, 0.5) is 5.69 Å². The number of carbonyl (C=O) groups is 1. The number of nitriles is 1. The fraction of sp³-hybridized carbons (Fsp3) is 0.381. The SMILES string of the molecule is CC(Sc1nc2c(cc1C#N)CCCC2)C(=O)Nc1ccc2c(c1)OCCO2. The molecule has 2 aliphatic rings. The number of hydrogen-bond donors (Lipinski definition) is 1. The minimum Gasteiger partial charge on any atom is -0.486 e. The summed E-state index contributed by atoms with van der Waals surface area (Å²) in [4.78, 5) is 17.4. The Morgan fingerprint density at radius 1 is 1.21 bits per heavy atom. The summed E-state index contributed by atoms with van der Waals surface area (Å²) in [6, 6.07) is 9.52. The predicted molar refractivity (Wildman–Crippen MR) is 107 cm³/mol. The average Bonchev–Trinajstić information content (AvgIpc) is 2.73. The molecule has 144 valence electrons. The van der Waals surface area contributed by atoms with E-state index in [2.05, 4.69) is 11.4 Å². The quantitative estimate of drug-likeness (QED) is 0.794. The Balaban J connectivity index is 1.47. The predicted octanol–water partition coefficient (Wildman–Crippen LogP) is 3.72. The molecule has 0 fully saturated rings. The van der Waals surface area contributed by atoms with Gasteiger partial charge in [-0.15, -0.1) is 0 Å². The number of nitrogens with zero attached hydrogens (tertiary/aromatic N) is 2. The van der Waals surface area contributed by atoms with E-state index in [0.29, 0.717) is 41.0 Å². The second-order valence-corrected chi connectivity index (χ2v) is 8.20. The monoisotopic (exact) mass is 395 g/mol. The number of hydrogen-bond acceptors (Lipinski definition) is 6. The molecule has 0 spiro atoms. The van der Waals surface area contributed by atoms with Crippen molar-refractivity contribution in [2.45, 2.75) is 42.9 Å². The fourth-order valence-electron chi connectivity index (χ4n) is 3.37. The topological polar surface area (TPSA) is 84.2 Å². The van der Waals surface area contributed by atoms with Crippen LogP contribution in [0.2, 0.25) is 0 Å². The van der Waals surface area contributed by atoms with Crippen molar-refractivity contribution in [3.8, 4) is 17.6 Å². The first-order valence-electron chi connectivity index (χ1n) is 9.44. The molecule has 6 nitrogen and oxygen atoms in total. The van der Waals surface area contributed by atoms with Crippen LogP contribution in [-0.2, 0) is 17.6 Å². The van der Waals surface area contributed by atoms with E-state index in [1.165, 1.54) is 17.3 Å². The van der Waals surface area contributed by atoms with E-state index in [-0.39, 0.29) is 5.91 Å². The van der Waals surface area contributed by atoms with Crippen molar-refractivity contribution in [1.29, 1.82) is 5.26 Å². The number of ether oxygens (including phenoxy) is 2. The van der Waals surface area contributed by atoms with Crippen LogP contribution < -0.4 is 14.8 Å².